The lowest BCUT2D eigenvalue weighted by Crippen LogP contribution is -2.42. The average molecular weight is 354 g/mol. The number of nitrogens with zero attached hydrogens (tertiary/aromatic N) is 1. The number of nitrogens with one attached hydrogen (secondary N) is 2. The fourth-order valence-corrected chi connectivity index (χ4v) is 5.12. The largest absolute Gasteiger partial charge is 0.361 e. The molecule has 0 radical (unpaired) electrons. The molecule has 2 aromatic rings. The molecule has 26 heavy (non-hydrogen) atoms. The van der Waals surface area contributed by atoms with Gasteiger partial charge in [-0.15, -0.1) is 0 Å². The van der Waals surface area contributed by atoms with Crippen LogP contribution in [0, 0.1) is 0 Å². The first-order valence-electron chi connectivity index (χ1n) is 10.3. The lowest BCUT2D eigenvalue weighted by Gasteiger charge is -2.35. The molecule has 1 aromatic carbocycles. The Morgan fingerprint density at radius 1 is 1.23 bits per heavy atom. The molecule has 2 N–H and O–H groups in total. The van der Waals surface area contributed by atoms with Gasteiger partial charge in [-0.25, -0.2) is 0 Å². The molecule has 4 rings (SSSR count). The quantitative estimate of drug-likeness (QED) is 0.853. The van der Waals surface area contributed by atoms with E-state index in [4.69, 9.17) is 0 Å². The van der Waals surface area contributed by atoms with Gasteiger partial charge in [0.05, 0.1) is 0 Å². The Bertz CT molecular complexity index is 760. The van der Waals surface area contributed by atoms with E-state index in [0.29, 0.717) is 23.9 Å². The third-order valence-corrected chi connectivity index (χ3v) is 6.53. The summed E-state index contributed by atoms with van der Waals surface area (Å²) in [7, 11) is 0. The van der Waals surface area contributed by atoms with E-state index in [1.54, 1.807) is 0 Å². The maximum absolute atomic E-state index is 13.0. The fraction of sp³-hybridized carbons (Fsp3) is 0.591. The molecule has 140 valence electrons. The zero-order valence-electron chi connectivity index (χ0n) is 15.9. The molecular weight excluding hydrogens is 322 g/mol. The topological polar surface area (TPSA) is 48.1 Å². The van der Waals surface area contributed by atoms with Crippen LogP contribution in [0.5, 0.6) is 0 Å². The maximum atomic E-state index is 13.0. The van der Waals surface area contributed by atoms with E-state index in [2.05, 4.69) is 46.5 Å². The van der Waals surface area contributed by atoms with E-state index in [0.717, 1.165) is 31.4 Å². The van der Waals surface area contributed by atoms with Crippen molar-refractivity contribution in [3.05, 3.63) is 36.0 Å². The molecule has 1 atom stereocenters. The molecule has 1 saturated heterocycles. The highest BCUT2D eigenvalue weighted by molar-refractivity contribution is 5.84. The molecule has 1 amide bonds. The number of rotatable bonds is 5. The van der Waals surface area contributed by atoms with Crippen LogP contribution in [0.4, 0.5) is 0 Å². The third-order valence-electron chi connectivity index (χ3n) is 6.53. The smallest absolute Gasteiger partial charge is 0.223 e. The SMILES string of the molecule is CCN(C(=O)CCc1c[nH]c2ccccc12)[C@H]1CNC2(CCCCC2)C1. The Balaban J connectivity index is 1.38. The second-order valence-corrected chi connectivity index (χ2v) is 8.12. The van der Waals surface area contributed by atoms with Gasteiger partial charge in [0.15, 0.2) is 0 Å². The highest BCUT2D eigenvalue weighted by atomic mass is 16.2. The number of hydrogen-bond acceptors (Lipinski definition) is 2. The predicted octanol–water partition coefficient (Wildman–Crippen LogP) is 4.01. The number of fused-ring (bicyclic) bond motifs is 1. The number of aromatic nitrogens is 1. The van der Waals surface area contributed by atoms with Gasteiger partial charge in [0.25, 0.3) is 0 Å². The lowest BCUT2D eigenvalue weighted by atomic mass is 9.80. The molecule has 1 spiro atoms. The molecule has 1 aliphatic heterocycles. The number of carbonyl (C=O) groups is 1. The number of H-pyrrole nitrogens is 1. The van der Waals surface area contributed by atoms with Crippen molar-refractivity contribution >= 4 is 16.8 Å². The molecular formula is C22H31N3O. The summed E-state index contributed by atoms with van der Waals surface area (Å²) in [6.07, 6.45) is 11.2. The Kier molecular flexibility index (Phi) is 5.03. The van der Waals surface area contributed by atoms with E-state index < -0.39 is 0 Å². The van der Waals surface area contributed by atoms with Crippen molar-refractivity contribution in [2.75, 3.05) is 13.1 Å². The van der Waals surface area contributed by atoms with Gasteiger partial charge < -0.3 is 15.2 Å². The minimum atomic E-state index is 0.303. The lowest BCUT2D eigenvalue weighted by molar-refractivity contribution is -0.133. The molecule has 2 fully saturated rings. The fourth-order valence-electron chi connectivity index (χ4n) is 5.12. The second kappa shape index (κ2) is 7.43. The molecule has 2 aliphatic rings. The van der Waals surface area contributed by atoms with Crippen LogP contribution in [0.1, 0.15) is 57.4 Å². The number of carbonyl (C=O) groups excluding carboxylic acids is 1. The van der Waals surface area contributed by atoms with Crippen LogP contribution in [0.25, 0.3) is 10.9 Å². The van der Waals surface area contributed by atoms with Gasteiger partial charge in [0.2, 0.25) is 5.91 Å². The molecule has 1 aromatic heterocycles. The van der Waals surface area contributed by atoms with Crippen LogP contribution in [-0.4, -0.2) is 40.5 Å². The van der Waals surface area contributed by atoms with Gasteiger partial charge in [0.1, 0.15) is 0 Å². The summed E-state index contributed by atoms with van der Waals surface area (Å²) in [5.41, 5.74) is 2.72. The number of benzene rings is 1. The van der Waals surface area contributed by atoms with Crippen molar-refractivity contribution in [2.45, 2.75) is 69.9 Å². The summed E-state index contributed by atoms with van der Waals surface area (Å²) in [5.74, 6) is 0.303. The van der Waals surface area contributed by atoms with E-state index in [1.807, 2.05) is 6.07 Å². The Morgan fingerprint density at radius 2 is 2.04 bits per heavy atom. The van der Waals surface area contributed by atoms with Crippen molar-refractivity contribution in [3.8, 4) is 0 Å². The summed E-state index contributed by atoms with van der Waals surface area (Å²) in [5, 5.41) is 5.03. The normalized spacial score (nSPS) is 22.1. The van der Waals surface area contributed by atoms with Crippen LogP contribution in [0.2, 0.25) is 0 Å². The second-order valence-electron chi connectivity index (χ2n) is 8.12. The van der Waals surface area contributed by atoms with Crippen molar-refractivity contribution in [1.82, 2.24) is 15.2 Å². The number of likely N-dealkylation sites (N-methyl/N-ethyl adjacent to an activating group) is 1. The molecule has 2 heterocycles. The van der Waals surface area contributed by atoms with Crippen LogP contribution in [0.15, 0.2) is 30.5 Å². The number of aromatic amines is 1. The van der Waals surface area contributed by atoms with Gasteiger partial charge >= 0.3 is 0 Å². The number of hydrogen-bond donors (Lipinski definition) is 2. The molecule has 4 heteroatoms. The molecule has 0 unspecified atom stereocenters. The van der Waals surface area contributed by atoms with Crippen LogP contribution in [0.3, 0.4) is 0 Å². The van der Waals surface area contributed by atoms with Crippen molar-refractivity contribution in [2.24, 2.45) is 0 Å². The first kappa shape index (κ1) is 17.6. The summed E-state index contributed by atoms with van der Waals surface area (Å²) in [6, 6.07) is 8.70. The van der Waals surface area contributed by atoms with Gasteiger partial charge in [0, 0.05) is 48.2 Å². The van der Waals surface area contributed by atoms with Crippen molar-refractivity contribution in [1.29, 1.82) is 0 Å². The first-order valence-corrected chi connectivity index (χ1v) is 10.3. The Hall–Kier alpha value is -1.81. The van der Waals surface area contributed by atoms with Gasteiger partial charge in [-0.1, -0.05) is 37.5 Å². The van der Waals surface area contributed by atoms with Gasteiger partial charge in [-0.05, 0) is 44.2 Å². The summed E-state index contributed by atoms with van der Waals surface area (Å²) >= 11 is 0. The highest BCUT2D eigenvalue weighted by Gasteiger charge is 2.41. The van der Waals surface area contributed by atoms with Crippen molar-refractivity contribution in [3.63, 3.8) is 0 Å². The monoisotopic (exact) mass is 353 g/mol. The van der Waals surface area contributed by atoms with E-state index in [9.17, 15) is 4.79 Å². The highest BCUT2D eigenvalue weighted by Crippen LogP contribution is 2.36. The van der Waals surface area contributed by atoms with Crippen LogP contribution >= 0.6 is 0 Å². The third kappa shape index (κ3) is 3.39. The molecule has 1 saturated carbocycles. The summed E-state index contributed by atoms with van der Waals surface area (Å²) in [4.78, 5) is 18.4. The van der Waals surface area contributed by atoms with E-state index in [-0.39, 0.29) is 0 Å². The van der Waals surface area contributed by atoms with Crippen molar-refractivity contribution < 1.29 is 4.79 Å². The minimum absolute atomic E-state index is 0.303. The zero-order chi connectivity index (χ0) is 18.0. The Labute approximate surface area is 156 Å². The molecule has 0 bridgehead atoms. The Morgan fingerprint density at radius 3 is 2.85 bits per heavy atom. The maximum Gasteiger partial charge on any atom is 0.223 e. The molecule has 1 aliphatic carbocycles. The molecule has 4 nitrogen and oxygen atoms in total. The van der Waals surface area contributed by atoms with Crippen LogP contribution < -0.4 is 5.32 Å². The summed E-state index contributed by atoms with van der Waals surface area (Å²) in [6.45, 7) is 3.90. The van der Waals surface area contributed by atoms with E-state index in [1.165, 1.54) is 43.1 Å². The number of para-hydroxylation sites is 1. The number of amides is 1. The van der Waals surface area contributed by atoms with Gasteiger partial charge in [-0.3, -0.25) is 4.79 Å². The summed E-state index contributed by atoms with van der Waals surface area (Å²) < 4.78 is 0. The van der Waals surface area contributed by atoms with Gasteiger partial charge in [-0.2, -0.15) is 0 Å². The van der Waals surface area contributed by atoms with Crippen LogP contribution in [-0.2, 0) is 11.2 Å². The first-order chi connectivity index (χ1) is 12.7. The predicted molar refractivity (Wildman–Crippen MR) is 106 cm³/mol. The average Bonchev–Trinajstić information content (AvgIpc) is 3.26. The zero-order valence-corrected chi connectivity index (χ0v) is 15.9. The number of aryl methyl sites for hydroxylation is 1. The standard InChI is InChI=1S/C22H31N3O/c1-2-25(18-14-22(24-16-18)12-6-3-7-13-22)21(26)11-10-17-15-23-20-9-5-4-8-19(17)20/h4-5,8-9,15,18,23-24H,2-3,6-7,10-14,16H2,1H3/t18-/m1/s1. The van der Waals surface area contributed by atoms with E-state index >= 15 is 0 Å². The minimum Gasteiger partial charge on any atom is -0.361 e.